The quantitative estimate of drug-likeness (QED) is 0.846. The largest absolute Gasteiger partial charge is 0.573 e. The molecule has 0 aliphatic heterocycles. The van der Waals surface area contributed by atoms with Crippen molar-refractivity contribution in [3.8, 4) is 5.75 Å². The van der Waals surface area contributed by atoms with E-state index in [4.69, 9.17) is 11.6 Å². The van der Waals surface area contributed by atoms with Crippen LogP contribution in [0.15, 0.2) is 48.5 Å². The number of carbonyl (C=O) groups excluding carboxylic acids is 2. The van der Waals surface area contributed by atoms with Crippen molar-refractivity contribution >= 4 is 28.4 Å². The molecule has 120 valence electrons. The van der Waals surface area contributed by atoms with Crippen molar-refractivity contribution in [3.63, 3.8) is 0 Å². The Kier molecular flexibility index (Phi) is 4.90. The van der Waals surface area contributed by atoms with E-state index in [1.54, 1.807) is 0 Å². The van der Waals surface area contributed by atoms with Gasteiger partial charge in [-0.2, -0.15) is 0 Å². The molecule has 8 heteroatoms. The number of amides is 1. The maximum Gasteiger partial charge on any atom is 0.573 e. The van der Waals surface area contributed by atoms with Crippen molar-refractivity contribution in [3.05, 3.63) is 59.7 Å². The lowest BCUT2D eigenvalue weighted by atomic mass is 10.1. The summed E-state index contributed by atoms with van der Waals surface area (Å²) in [5.41, 5.74) is 0.427. The van der Waals surface area contributed by atoms with Gasteiger partial charge < -0.3 is 10.1 Å². The van der Waals surface area contributed by atoms with Crippen LogP contribution in [-0.2, 0) is 0 Å². The molecule has 0 unspecified atom stereocenters. The SMILES string of the molecule is O=C(Cl)c1cccc(NC(=O)c2cccc(OC(F)(F)F)c2)c1. The molecule has 0 fully saturated rings. The third kappa shape index (κ3) is 5.00. The topological polar surface area (TPSA) is 55.4 Å². The molecule has 0 saturated heterocycles. The highest BCUT2D eigenvalue weighted by atomic mass is 35.5. The Morgan fingerprint density at radius 2 is 1.65 bits per heavy atom. The molecule has 0 aliphatic rings. The van der Waals surface area contributed by atoms with Crippen LogP contribution in [0.3, 0.4) is 0 Å². The predicted molar refractivity (Wildman–Crippen MR) is 77.7 cm³/mol. The van der Waals surface area contributed by atoms with Crippen LogP contribution >= 0.6 is 11.6 Å². The number of nitrogens with one attached hydrogen (secondary N) is 1. The van der Waals surface area contributed by atoms with Crippen molar-refractivity contribution in [2.75, 3.05) is 5.32 Å². The summed E-state index contributed by atoms with van der Waals surface area (Å²) in [6, 6.07) is 10.5. The first-order valence-corrected chi connectivity index (χ1v) is 6.59. The van der Waals surface area contributed by atoms with Gasteiger partial charge in [0.15, 0.2) is 0 Å². The lowest BCUT2D eigenvalue weighted by Crippen LogP contribution is -2.18. The van der Waals surface area contributed by atoms with Crippen LogP contribution in [0.4, 0.5) is 18.9 Å². The maximum absolute atomic E-state index is 12.2. The molecule has 0 saturated carbocycles. The average Bonchev–Trinajstić information content (AvgIpc) is 2.46. The van der Waals surface area contributed by atoms with Crippen LogP contribution in [0.25, 0.3) is 0 Å². The van der Waals surface area contributed by atoms with Gasteiger partial charge in [-0.3, -0.25) is 9.59 Å². The van der Waals surface area contributed by atoms with E-state index < -0.39 is 23.3 Å². The van der Waals surface area contributed by atoms with Crippen LogP contribution < -0.4 is 10.1 Å². The lowest BCUT2D eigenvalue weighted by Gasteiger charge is -2.10. The van der Waals surface area contributed by atoms with E-state index in [2.05, 4.69) is 10.1 Å². The van der Waals surface area contributed by atoms with Gasteiger partial charge in [-0.25, -0.2) is 0 Å². The Morgan fingerprint density at radius 3 is 2.30 bits per heavy atom. The highest BCUT2D eigenvalue weighted by Gasteiger charge is 2.31. The van der Waals surface area contributed by atoms with E-state index in [1.165, 1.54) is 36.4 Å². The van der Waals surface area contributed by atoms with Crippen molar-refractivity contribution in [2.24, 2.45) is 0 Å². The first-order valence-electron chi connectivity index (χ1n) is 6.22. The molecule has 0 bridgehead atoms. The number of carbonyl (C=O) groups is 2. The van der Waals surface area contributed by atoms with Gasteiger partial charge in [-0.05, 0) is 48.0 Å². The number of rotatable bonds is 4. The minimum atomic E-state index is -4.84. The van der Waals surface area contributed by atoms with Gasteiger partial charge in [0.05, 0.1) is 0 Å². The number of ether oxygens (including phenoxy) is 1. The van der Waals surface area contributed by atoms with Crippen LogP contribution in [-0.4, -0.2) is 17.5 Å². The van der Waals surface area contributed by atoms with Gasteiger partial charge in [0.25, 0.3) is 11.1 Å². The molecule has 0 spiro atoms. The van der Waals surface area contributed by atoms with Crippen LogP contribution in [0.5, 0.6) is 5.75 Å². The fourth-order valence-corrected chi connectivity index (χ4v) is 1.87. The zero-order valence-electron chi connectivity index (χ0n) is 11.4. The molecule has 2 aromatic carbocycles. The number of benzene rings is 2. The third-order valence-electron chi connectivity index (χ3n) is 2.68. The highest BCUT2D eigenvalue weighted by Crippen LogP contribution is 2.23. The smallest absolute Gasteiger partial charge is 0.406 e. The first-order chi connectivity index (χ1) is 10.7. The number of hydrogen-bond donors (Lipinski definition) is 1. The molecule has 23 heavy (non-hydrogen) atoms. The van der Waals surface area contributed by atoms with Crippen molar-refractivity contribution in [1.29, 1.82) is 0 Å². The van der Waals surface area contributed by atoms with Crippen molar-refractivity contribution in [2.45, 2.75) is 6.36 Å². The molecule has 0 atom stereocenters. The second-order valence-electron chi connectivity index (χ2n) is 4.38. The summed E-state index contributed by atoms with van der Waals surface area (Å²) in [6.45, 7) is 0. The lowest BCUT2D eigenvalue weighted by molar-refractivity contribution is -0.274. The van der Waals surface area contributed by atoms with Gasteiger partial charge in [-0.15, -0.1) is 13.2 Å². The summed E-state index contributed by atoms with van der Waals surface area (Å²) in [6.07, 6.45) is -4.84. The van der Waals surface area contributed by atoms with Gasteiger partial charge in [0.1, 0.15) is 5.75 Å². The summed E-state index contributed by atoms with van der Waals surface area (Å²) >= 11 is 5.34. The Morgan fingerprint density at radius 1 is 1.00 bits per heavy atom. The number of anilines is 1. The van der Waals surface area contributed by atoms with Gasteiger partial charge in [0, 0.05) is 16.8 Å². The summed E-state index contributed by atoms with van der Waals surface area (Å²) in [5.74, 6) is -1.16. The fourth-order valence-electron chi connectivity index (χ4n) is 1.76. The third-order valence-corrected chi connectivity index (χ3v) is 2.90. The zero-order chi connectivity index (χ0) is 17.0. The van der Waals surface area contributed by atoms with Crippen molar-refractivity contribution in [1.82, 2.24) is 0 Å². The Hall–Kier alpha value is -2.54. The van der Waals surface area contributed by atoms with E-state index in [-0.39, 0.29) is 16.8 Å². The summed E-state index contributed by atoms with van der Waals surface area (Å²) < 4.78 is 40.3. The summed E-state index contributed by atoms with van der Waals surface area (Å²) in [5, 5.41) is 1.76. The van der Waals surface area contributed by atoms with E-state index in [1.807, 2.05) is 0 Å². The van der Waals surface area contributed by atoms with E-state index in [0.29, 0.717) is 0 Å². The molecule has 0 aliphatic carbocycles. The summed E-state index contributed by atoms with van der Waals surface area (Å²) in [4.78, 5) is 23.1. The average molecular weight is 344 g/mol. The zero-order valence-corrected chi connectivity index (χ0v) is 12.1. The fraction of sp³-hybridized carbons (Fsp3) is 0.0667. The Balaban J connectivity index is 2.16. The highest BCUT2D eigenvalue weighted by molar-refractivity contribution is 6.67. The van der Waals surface area contributed by atoms with E-state index in [0.717, 1.165) is 12.1 Å². The Bertz CT molecular complexity index is 747. The molecule has 2 rings (SSSR count). The van der Waals surface area contributed by atoms with E-state index in [9.17, 15) is 22.8 Å². The molecular weight excluding hydrogens is 335 g/mol. The molecule has 1 amide bonds. The van der Waals surface area contributed by atoms with Crippen LogP contribution in [0.1, 0.15) is 20.7 Å². The number of hydrogen-bond acceptors (Lipinski definition) is 3. The molecule has 0 aromatic heterocycles. The predicted octanol–water partition coefficient (Wildman–Crippen LogP) is 4.22. The second kappa shape index (κ2) is 6.70. The minimum absolute atomic E-state index is 0.0330. The van der Waals surface area contributed by atoms with Gasteiger partial charge in [-0.1, -0.05) is 12.1 Å². The summed E-state index contributed by atoms with van der Waals surface area (Å²) in [7, 11) is 0. The molecule has 2 aromatic rings. The normalized spacial score (nSPS) is 11.0. The second-order valence-corrected chi connectivity index (χ2v) is 4.73. The van der Waals surface area contributed by atoms with E-state index >= 15 is 0 Å². The van der Waals surface area contributed by atoms with Crippen LogP contribution in [0.2, 0.25) is 0 Å². The molecule has 0 heterocycles. The first kappa shape index (κ1) is 16.8. The Labute approximate surface area is 133 Å². The molecule has 4 nitrogen and oxygen atoms in total. The van der Waals surface area contributed by atoms with Crippen LogP contribution in [0, 0.1) is 0 Å². The van der Waals surface area contributed by atoms with Gasteiger partial charge >= 0.3 is 6.36 Å². The van der Waals surface area contributed by atoms with Crippen molar-refractivity contribution < 1.29 is 27.5 Å². The van der Waals surface area contributed by atoms with Gasteiger partial charge in [0.2, 0.25) is 0 Å². The molecule has 1 N–H and O–H groups in total. The number of halogens is 4. The monoisotopic (exact) mass is 343 g/mol. The maximum atomic E-state index is 12.2. The number of alkyl halides is 3. The minimum Gasteiger partial charge on any atom is -0.406 e. The standard InChI is InChI=1S/C15H9ClF3NO3/c16-13(21)9-3-1-5-11(7-9)20-14(22)10-4-2-6-12(8-10)23-15(17,18)19/h1-8H,(H,20,22). The molecule has 0 radical (unpaired) electrons. The molecular formula is C15H9ClF3NO3.